The molecule has 7 nitrogen and oxygen atoms in total. The first-order chi connectivity index (χ1) is 13.3. The Morgan fingerprint density at radius 1 is 1.07 bits per heavy atom. The summed E-state index contributed by atoms with van der Waals surface area (Å²) < 4.78 is 30.5. The van der Waals surface area contributed by atoms with Gasteiger partial charge in [-0.3, -0.25) is 19.6 Å². The molecule has 0 unspecified atom stereocenters. The largest absolute Gasteiger partial charge is 0.493 e. The lowest BCUT2D eigenvalue weighted by Crippen LogP contribution is -2.17. The van der Waals surface area contributed by atoms with Crippen LogP contribution in [0, 0.1) is 0 Å². The number of anilines is 1. The van der Waals surface area contributed by atoms with Crippen molar-refractivity contribution in [2.75, 3.05) is 17.6 Å². The Balaban J connectivity index is 1.51. The van der Waals surface area contributed by atoms with Gasteiger partial charge < -0.3 is 4.74 Å². The molecule has 2 amide bonds. The number of hydrogen-bond acceptors (Lipinski definition) is 6. The normalized spacial score (nSPS) is 15.5. The van der Waals surface area contributed by atoms with E-state index in [1.54, 1.807) is 30.3 Å². The molecule has 0 aliphatic carbocycles. The molecule has 146 valence electrons. The number of carbonyl (C=O) groups excluding carboxylic acids is 2. The zero-order valence-electron chi connectivity index (χ0n) is 15.0. The maximum Gasteiger partial charge on any atom is 0.290 e. The van der Waals surface area contributed by atoms with E-state index in [0.717, 1.165) is 29.1 Å². The second-order valence-corrected chi connectivity index (χ2v) is 8.85. The van der Waals surface area contributed by atoms with Crippen LogP contribution in [-0.2, 0) is 21.2 Å². The highest BCUT2D eigenvalue weighted by Crippen LogP contribution is 2.26. The Kier molecular flexibility index (Phi) is 6.05. The molecule has 0 aromatic heterocycles. The Labute approximate surface area is 167 Å². The van der Waals surface area contributed by atoms with Crippen molar-refractivity contribution in [3.8, 4) is 5.75 Å². The van der Waals surface area contributed by atoms with Gasteiger partial charge in [0, 0.05) is 12.1 Å². The minimum Gasteiger partial charge on any atom is -0.493 e. The number of amides is 2. The van der Waals surface area contributed by atoms with E-state index in [1.807, 2.05) is 24.3 Å². The maximum atomic E-state index is 11.5. The minimum absolute atomic E-state index is 0.365. The van der Waals surface area contributed by atoms with Crippen LogP contribution >= 0.6 is 11.8 Å². The second kappa shape index (κ2) is 8.49. The molecular weight excluding hydrogens is 400 g/mol. The van der Waals surface area contributed by atoms with Crippen molar-refractivity contribution in [3.05, 3.63) is 64.6 Å². The third kappa shape index (κ3) is 5.86. The van der Waals surface area contributed by atoms with E-state index in [-0.39, 0.29) is 11.1 Å². The van der Waals surface area contributed by atoms with Crippen LogP contribution in [0.1, 0.15) is 11.1 Å². The molecule has 9 heteroatoms. The molecule has 0 bridgehead atoms. The molecule has 3 rings (SSSR count). The van der Waals surface area contributed by atoms with Gasteiger partial charge in [0.1, 0.15) is 5.75 Å². The number of ether oxygens (including phenoxy) is 1. The smallest absolute Gasteiger partial charge is 0.290 e. The zero-order chi connectivity index (χ0) is 20.1. The van der Waals surface area contributed by atoms with E-state index in [4.69, 9.17) is 4.74 Å². The highest BCUT2D eigenvalue weighted by molar-refractivity contribution is 8.18. The average Bonchev–Trinajstić information content (AvgIpc) is 2.94. The lowest BCUT2D eigenvalue weighted by atomic mass is 10.1. The second-order valence-electron chi connectivity index (χ2n) is 6.09. The SMILES string of the molecule is CS(=O)(=O)Nc1ccc(CCOc2ccc(/C=C3\SC(=O)NC3=O)cc2)cc1. The van der Waals surface area contributed by atoms with Gasteiger partial charge in [-0.2, -0.15) is 0 Å². The first-order valence-corrected chi connectivity index (χ1v) is 11.0. The number of rotatable bonds is 7. The summed E-state index contributed by atoms with van der Waals surface area (Å²) in [5.41, 5.74) is 2.34. The molecule has 1 heterocycles. The molecule has 1 aliphatic heterocycles. The Hall–Kier alpha value is -2.78. The number of thioether (sulfide) groups is 1. The highest BCUT2D eigenvalue weighted by atomic mass is 32.2. The quantitative estimate of drug-likeness (QED) is 0.671. The minimum atomic E-state index is -3.28. The van der Waals surface area contributed by atoms with Gasteiger partial charge in [-0.25, -0.2) is 8.42 Å². The predicted molar refractivity (Wildman–Crippen MR) is 110 cm³/mol. The molecule has 2 aromatic carbocycles. The van der Waals surface area contributed by atoms with Crippen molar-refractivity contribution in [2.45, 2.75) is 6.42 Å². The molecule has 0 atom stereocenters. The van der Waals surface area contributed by atoms with Crippen LogP contribution < -0.4 is 14.8 Å². The molecule has 0 radical (unpaired) electrons. The van der Waals surface area contributed by atoms with Crippen molar-refractivity contribution < 1.29 is 22.7 Å². The van der Waals surface area contributed by atoms with Crippen molar-refractivity contribution >= 4 is 44.7 Å². The van der Waals surface area contributed by atoms with Gasteiger partial charge in [-0.1, -0.05) is 24.3 Å². The van der Waals surface area contributed by atoms with E-state index in [1.165, 1.54) is 0 Å². The number of nitrogens with one attached hydrogen (secondary N) is 2. The Morgan fingerprint density at radius 3 is 2.32 bits per heavy atom. The number of imide groups is 1. The van der Waals surface area contributed by atoms with Gasteiger partial charge in [0.05, 0.1) is 17.8 Å². The molecule has 2 N–H and O–H groups in total. The average molecular weight is 418 g/mol. The standard InChI is InChI=1S/C19H18N2O5S2/c1-28(24,25)21-15-6-2-13(3-7-15)10-11-26-16-8-4-14(5-9-16)12-17-18(22)20-19(23)27-17/h2-9,12,21H,10-11H2,1H3,(H,20,22,23)/b17-12-. The summed E-state index contributed by atoms with van der Waals surface area (Å²) in [6.07, 6.45) is 3.43. The first-order valence-electron chi connectivity index (χ1n) is 8.33. The first kappa shape index (κ1) is 20.0. The fourth-order valence-electron chi connectivity index (χ4n) is 2.47. The van der Waals surface area contributed by atoms with Crippen LogP contribution in [0.15, 0.2) is 53.4 Å². The Morgan fingerprint density at radius 2 is 1.75 bits per heavy atom. The zero-order valence-corrected chi connectivity index (χ0v) is 16.6. The van der Waals surface area contributed by atoms with Gasteiger partial charge in [0.25, 0.3) is 11.1 Å². The molecule has 1 aliphatic rings. The van der Waals surface area contributed by atoms with E-state index in [2.05, 4.69) is 10.0 Å². The van der Waals surface area contributed by atoms with E-state index in [0.29, 0.717) is 29.4 Å². The summed E-state index contributed by atoms with van der Waals surface area (Å²) in [7, 11) is -3.28. The summed E-state index contributed by atoms with van der Waals surface area (Å²) in [4.78, 5) is 23.1. The molecule has 28 heavy (non-hydrogen) atoms. The van der Waals surface area contributed by atoms with E-state index < -0.39 is 10.0 Å². The van der Waals surface area contributed by atoms with Crippen molar-refractivity contribution in [2.24, 2.45) is 0 Å². The summed E-state index contributed by atoms with van der Waals surface area (Å²) in [6.45, 7) is 0.464. The summed E-state index contributed by atoms with van der Waals surface area (Å²) in [5.74, 6) is 0.310. The van der Waals surface area contributed by atoms with Gasteiger partial charge in [-0.15, -0.1) is 0 Å². The number of benzene rings is 2. The number of hydrogen-bond donors (Lipinski definition) is 2. The van der Waals surface area contributed by atoms with E-state index >= 15 is 0 Å². The number of sulfonamides is 1. The lowest BCUT2D eigenvalue weighted by Gasteiger charge is -2.08. The summed E-state index contributed by atoms with van der Waals surface area (Å²) >= 11 is 0.880. The van der Waals surface area contributed by atoms with Crippen LogP contribution in [0.2, 0.25) is 0 Å². The lowest BCUT2D eigenvalue weighted by molar-refractivity contribution is -0.115. The molecular formula is C19H18N2O5S2. The monoisotopic (exact) mass is 418 g/mol. The fraction of sp³-hybridized carbons (Fsp3) is 0.158. The maximum absolute atomic E-state index is 11.5. The van der Waals surface area contributed by atoms with Gasteiger partial charge in [0.15, 0.2) is 0 Å². The molecule has 0 spiro atoms. The third-order valence-electron chi connectivity index (χ3n) is 3.74. The van der Waals surface area contributed by atoms with Gasteiger partial charge >= 0.3 is 0 Å². The molecule has 1 fully saturated rings. The van der Waals surface area contributed by atoms with E-state index in [9.17, 15) is 18.0 Å². The summed E-state index contributed by atoms with van der Waals surface area (Å²) in [6, 6.07) is 14.3. The van der Waals surface area contributed by atoms with Crippen molar-refractivity contribution in [3.63, 3.8) is 0 Å². The van der Waals surface area contributed by atoms with Crippen LogP contribution in [0.25, 0.3) is 6.08 Å². The van der Waals surface area contributed by atoms with Crippen molar-refractivity contribution in [1.82, 2.24) is 5.32 Å². The topological polar surface area (TPSA) is 102 Å². The molecule has 0 saturated carbocycles. The number of carbonyl (C=O) groups is 2. The molecule has 1 saturated heterocycles. The van der Waals surface area contributed by atoms with Crippen LogP contribution in [-0.4, -0.2) is 32.4 Å². The van der Waals surface area contributed by atoms with Crippen LogP contribution in [0.5, 0.6) is 5.75 Å². The van der Waals surface area contributed by atoms with Crippen LogP contribution in [0.4, 0.5) is 10.5 Å². The predicted octanol–water partition coefficient (Wildman–Crippen LogP) is 3.00. The highest BCUT2D eigenvalue weighted by Gasteiger charge is 2.24. The van der Waals surface area contributed by atoms with Gasteiger partial charge in [-0.05, 0) is 53.2 Å². The Bertz CT molecular complexity index is 1010. The van der Waals surface area contributed by atoms with Gasteiger partial charge in [0.2, 0.25) is 10.0 Å². The van der Waals surface area contributed by atoms with Crippen LogP contribution in [0.3, 0.4) is 0 Å². The molecule has 2 aromatic rings. The summed E-state index contributed by atoms with van der Waals surface area (Å²) in [5, 5.41) is 1.85. The fourth-order valence-corrected chi connectivity index (χ4v) is 3.72. The third-order valence-corrected chi connectivity index (χ3v) is 5.15. The van der Waals surface area contributed by atoms with Crippen molar-refractivity contribution in [1.29, 1.82) is 0 Å².